The number of esters is 1. The lowest BCUT2D eigenvalue weighted by Gasteiger charge is -2.13. The molecule has 12 heteroatoms. The zero-order valence-electron chi connectivity index (χ0n) is 15.0. The number of hydrogen-bond donors (Lipinski definition) is 1. The minimum atomic E-state index is -4.89. The fourth-order valence-electron chi connectivity index (χ4n) is 2.37. The molecule has 0 aromatic heterocycles. The number of sulfonamides is 1. The Labute approximate surface area is 167 Å². The Morgan fingerprint density at radius 1 is 0.933 bits per heavy atom. The molecule has 30 heavy (non-hydrogen) atoms. The third-order valence-electron chi connectivity index (χ3n) is 3.76. The first-order valence-corrected chi connectivity index (χ1v) is 9.76. The summed E-state index contributed by atoms with van der Waals surface area (Å²) < 4.78 is 108. The van der Waals surface area contributed by atoms with Crippen LogP contribution in [-0.4, -0.2) is 20.9 Å². The monoisotopic (exact) mass is 455 g/mol. The van der Waals surface area contributed by atoms with E-state index in [-0.39, 0.29) is 5.56 Å². The van der Waals surface area contributed by atoms with Gasteiger partial charge in [-0.15, -0.1) is 0 Å². The zero-order chi connectivity index (χ0) is 22.6. The Bertz CT molecular complexity index is 1000. The van der Waals surface area contributed by atoms with E-state index in [0.29, 0.717) is 6.07 Å². The molecule has 0 saturated heterocycles. The van der Waals surface area contributed by atoms with Crippen molar-refractivity contribution in [3.05, 3.63) is 65.2 Å². The molecule has 0 bridgehead atoms. The van der Waals surface area contributed by atoms with Gasteiger partial charge < -0.3 is 4.74 Å². The quantitative estimate of drug-likeness (QED) is 0.503. The molecule has 0 aliphatic heterocycles. The van der Waals surface area contributed by atoms with Gasteiger partial charge in [-0.3, -0.25) is 4.79 Å². The number of nitrogens with one attached hydrogen (secondary N) is 1. The van der Waals surface area contributed by atoms with E-state index < -0.39 is 63.9 Å². The Morgan fingerprint density at radius 3 is 2.23 bits per heavy atom. The molecule has 0 atom stereocenters. The molecule has 164 valence electrons. The smallest absolute Gasteiger partial charge is 0.417 e. The van der Waals surface area contributed by atoms with Gasteiger partial charge in [-0.25, -0.2) is 13.1 Å². The van der Waals surface area contributed by atoms with E-state index in [9.17, 15) is 39.6 Å². The average Bonchev–Trinajstić information content (AvgIpc) is 2.65. The van der Waals surface area contributed by atoms with Crippen LogP contribution in [0.5, 0.6) is 0 Å². The largest absolute Gasteiger partial charge is 0.461 e. The lowest BCUT2D eigenvalue weighted by Crippen LogP contribution is -2.28. The predicted octanol–water partition coefficient (Wildman–Crippen LogP) is 4.14. The molecule has 0 fully saturated rings. The van der Waals surface area contributed by atoms with E-state index in [4.69, 9.17) is 4.74 Å². The maximum atomic E-state index is 13.0. The van der Waals surface area contributed by atoms with E-state index in [1.807, 2.05) is 4.72 Å². The Kier molecular flexibility index (Phi) is 7.14. The predicted molar refractivity (Wildman–Crippen MR) is 92.5 cm³/mol. The molecule has 0 spiro atoms. The van der Waals surface area contributed by atoms with E-state index in [1.54, 1.807) is 0 Å². The summed E-state index contributed by atoms with van der Waals surface area (Å²) in [5.74, 6) is -0.945. The number of rotatable bonds is 7. The van der Waals surface area contributed by atoms with Gasteiger partial charge in [0.05, 0.1) is 22.4 Å². The van der Waals surface area contributed by atoms with E-state index in [0.717, 1.165) is 36.4 Å². The Morgan fingerprint density at radius 2 is 1.60 bits per heavy atom. The molecule has 1 N–H and O–H groups in total. The van der Waals surface area contributed by atoms with Gasteiger partial charge in [0.15, 0.2) is 0 Å². The van der Waals surface area contributed by atoms with Crippen molar-refractivity contribution in [3.63, 3.8) is 0 Å². The van der Waals surface area contributed by atoms with Gasteiger partial charge in [-0.2, -0.15) is 26.3 Å². The third-order valence-corrected chi connectivity index (χ3v) is 5.28. The highest BCUT2D eigenvalue weighted by atomic mass is 32.2. The van der Waals surface area contributed by atoms with Crippen molar-refractivity contribution in [2.75, 3.05) is 6.54 Å². The molecule has 0 amide bonds. The Balaban J connectivity index is 1.92. The standard InChI is InChI=1S/C18H15F6NO4S/c19-17(20,21)13-5-3-4-12(10-13)11-29-16(26)8-9-25-30(27,28)15-7-2-1-6-14(15)18(22,23)24/h1-7,10,25H,8-9,11H2. The number of hydrogen-bond acceptors (Lipinski definition) is 4. The first-order valence-electron chi connectivity index (χ1n) is 8.28. The maximum absolute atomic E-state index is 13.0. The fraction of sp³-hybridized carbons (Fsp3) is 0.278. The number of halogens is 6. The van der Waals surface area contributed by atoms with Crippen molar-refractivity contribution in [2.24, 2.45) is 0 Å². The summed E-state index contributed by atoms with van der Waals surface area (Å²) in [4.78, 5) is 10.7. The van der Waals surface area contributed by atoms with Crippen molar-refractivity contribution in [2.45, 2.75) is 30.3 Å². The lowest BCUT2D eigenvalue weighted by molar-refractivity contribution is -0.144. The van der Waals surface area contributed by atoms with Gasteiger partial charge >= 0.3 is 18.3 Å². The number of carbonyl (C=O) groups excluding carboxylic acids is 1. The highest BCUT2D eigenvalue weighted by molar-refractivity contribution is 7.89. The maximum Gasteiger partial charge on any atom is 0.417 e. The van der Waals surface area contributed by atoms with Crippen LogP contribution in [0.2, 0.25) is 0 Å². The van der Waals surface area contributed by atoms with Crippen LogP contribution in [-0.2, 0) is 38.5 Å². The van der Waals surface area contributed by atoms with Crippen molar-refractivity contribution in [3.8, 4) is 0 Å². The molecule has 0 aliphatic rings. The zero-order valence-corrected chi connectivity index (χ0v) is 15.9. The highest BCUT2D eigenvalue weighted by Gasteiger charge is 2.36. The first kappa shape index (κ1) is 23.7. The normalized spacial score (nSPS) is 12.6. The average molecular weight is 455 g/mol. The summed E-state index contributed by atoms with van der Waals surface area (Å²) in [6, 6.07) is 7.62. The summed E-state index contributed by atoms with van der Waals surface area (Å²) in [5, 5.41) is 0. The summed E-state index contributed by atoms with van der Waals surface area (Å²) in [7, 11) is -4.56. The fourth-order valence-corrected chi connectivity index (χ4v) is 3.63. The summed E-state index contributed by atoms with van der Waals surface area (Å²) in [6.45, 7) is -1.04. The topological polar surface area (TPSA) is 72.5 Å². The molecule has 2 aromatic carbocycles. The molecule has 5 nitrogen and oxygen atoms in total. The minimum Gasteiger partial charge on any atom is -0.461 e. The van der Waals surface area contributed by atoms with Crippen LogP contribution in [0.25, 0.3) is 0 Å². The molecule has 0 radical (unpaired) electrons. The molecule has 0 aliphatic carbocycles. The van der Waals surface area contributed by atoms with Crippen molar-refractivity contribution >= 4 is 16.0 Å². The number of alkyl halides is 6. The molecular formula is C18H15F6NO4S. The van der Waals surface area contributed by atoms with E-state index in [2.05, 4.69) is 0 Å². The van der Waals surface area contributed by atoms with Crippen LogP contribution < -0.4 is 4.72 Å². The van der Waals surface area contributed by atoms with Crippen LogP contribution in [0, 0.1) is 0 Å². The van der Waals surface area contributed by atoms with Gasteiger partial charge in [0.2, 0.25) is 10.0 Å². The minimum absolute atomic E-state index is 0.0675. The van der Waals surface area contributed by atoms with Gasteiger partial charge in [0.25, 0.3) is 0 Å². The second kappa shape index (κ2) is 9.04. The highest BCUT2D eigenvalue weighted by Crippen LogP contribution is 2.34. The molecule has 2 rings (SSSR count). The van der Waals surface area contributed by atoms with Gasteiger partial charge in [-0.1, -0.05) is 24.3 Å². The SMILES string of the molecule is O=C(CCNS(=O)(=O)c1ccccc1C(F)(F)F)OCc1cccc(C(F)(F)F)c1. The lowest BCUT2D eigenvalue weighted by atomic mass is 10.1. The second-order valence-electron chi connectivity index (χ2n) is 6.00. The van der Waals surface area contributed by atoms with Crippen LogP contribution >= 0.6 is 0 Å². The van der Waals surface area contributed by atoms with Gasteiger partial charge in [0, 0.05) is 6.54 Å². The van der Waals surface area contributed by atoms with Gasteiger partial charge in [0.1, 0.15) is 6.61 Å². The van der Waals surface area contributed by atoms with E-state index >= 15 is 0 Å². The molecule has 2 aromatic rings. The van der Waals surface area contributed by atoms with Crippen LogP contribution in [0.15, 0.2) is 53.4 Å². The van der Waals surface area contributed by atoms with Gasteiger partial charge in [-0.05, 0) is 29.8 Å². The van der Waals surface area contributed by atoms with Crippen LogP contribution in [0.3, 0.4) is 0 Å². The second-order valence-corrected chi connectivity index (χ2v) is 7.74. The number of carbonyl (C=O) groups is 1. The summed E-state index contributed by atoms with van der Waals surface area (Å²) in [5.41, 5.74) is -2.21. The molecule has 0 heterocycles. The Hall–Kier alpha value is -2.60. The molecular weight excluding hydrogens is 440 g/mol. The van der Waals surface area contributed by atoms with Crippen molar-refractivity contribution in [1.82, 2.24) is 4.72 Å². The number of benzene rings is 2. The summed E-state index contributed by atoms with van der Waals surface area (Å²) in [6.07, 6.45) is -9.99. The van der Waals surface area contributed by atoms with Crippen molar-refractivity contribution in [1.29, 1.82) is 0 Å². The summed E-state index contributed by atoms with van der Waals surface area (Å²) >= 11 is 0. The number of ether oxygens (including phenoxy) is 1. The molecule has 0 unspecified atom stereocenters. The van der Waals surface area contributed by atoms with Crippen LogP contribution in [0.1, 0.15) is 23.1 Å². The van der Waals surface area contributed by atoms with Crippen LogP contribution in [0.4, 0.5) is 26.3 Å². The first-order chi connectivity index (χ1) is 13.8. The van der Waals surface area contributed by atoms with E-state index in [1.165, 1.54) is 6.07 Å². The third kappa shape index (κ3) is 6.46. The van der Waals surface area contributed by atoms with Crippen molar-refractivity contribution < 1.29 is 44.3 Å². The molecule has 0 saturated carbocycles.